The van der Waals surface area contributed by atoms with Crippen LogP contribution in [0.2, 0.25) is 0 Å². The lowest BCUT2D eigenvalue weighted by atomic mass is 9.66. The quantitative estimate of drug-likeness (QED) is 0.551. The summed E-state index contributed by atoms with van der Waals surface area (Å²) < 4.78 is 51.9. The summed E-state index contributed by atoms with van der Waals surface area (Å²) in [5.74, 6) is -1.33. The van der Waals surface area contributed by atoms with Crippen molar-refractivity contribution in [3.05, 3.63) is 47.5 Å². The third-order valence-corrected chi connectivity index (χ3v) is 5.85. The van der Waals surface area contributed by atoms with Crippen LogP contribution in [-0.4, -0.2) is 31.1 Å². The molecule has 0 fully saturated rings. The van der Waals surface area contributed by atoms with E-state index in [2.05, 4.69) is 0 Å². The van der Waals surface area contributed by atoms with Gasteiger partial charge in [0.1, 0.15) is 0 Å². The van der Waals surface area contributed by atoms with Crippen LogP contribution in [0.15, 0.2) is 42.0 Å². The van der Waals surface area contributed by atoms with Crippen molar-refractivity contribution in [2.75, 3.05) is 7.11 Å². The molecular formula is C23H29F3O4. The van der Waals surface area contributed by atoms with E-state index in [9.17, 15) is 22.8 Å². The second kappa shape index (κ2) is 8.92. The number of ketones is 1. The molecule has 0 spiro atoms. The molecule has 0 saturated carbocycles. The fourth-order valence-electron chi connectivity index (χ4n) is 4.33. The molecule has 2 rings (SSSR count). The van der Waals surface area contributed by atoms with Crippen LogP contribution in [0.3, 0.4) is 0 Å². The number of alkyl halides is 3. The number of hydrogen-bond acceptors (Lipinski definition) is 4. The van der Waals surface area contributed by atoms with E-state index in [-0.39, 0.29) is 22.7 Å². The number of carbonyl (C=O) groups excluding carboxylic acids is 2. The van der Waals surface area contributed by atoms with E-state index in [0.29, 0.717) is 19.3 Å². The second-order valence-electron chi connectivity index (χ2n) is 8.61. The van der Waals surface area contributed by atoms with E-state index in [1.165, 1.54) is 24.3 Å². The first-order chi connectivity index (χ1) is 13.8. The van der Waals surface area contributed by atoms with Crippen molar-refractivity contribution in [2.45, 2.75) is 64.8 Å². The molecule has 1 aliphatic carbocycles. The summed E-state index contributed by atoms with van der Waals surface area (Å²) in [5, 5.41) is 0. The predicted octanol–water partition coefficient (Wildman–Crippen LogP) is 5.36. The molecule has 166 valence electrons. The van der Waals surface area contributed by atoms with E-state index in [4.69, 9.17) is 9.47 Å². The highest BCUT2D eigenvalue weighted by molar-refractivity contribution is 5.92. The third-order valence-electron chi connectivity index (χ3n) is 5.85. The smallest absolute Gasteiger partial charge is 0.432 e. The summed E-state index contributed by atoms with van der Waals surface area (Å²) in [7, 11) is 0.849. The fraction of sp³-hybridized carbons (Fsp3) is 0.565. The molecule has 0 bridgehead atoms. The number of halogens is 3. The third kappa shape index (κ3) is 4.77. The molecule has 0 heterocycles. The molecule has 0 N–H and O–H groups in total. The molecule has 0 saturated heterocycles. The minimum atomic E-state index is -5.00. The first kappa shape index (κ1) is 24.1. The molecule has 0 amide bonds. The van der Waals surface area contributed by atoms with Crippen molar-refractivity contribution in [1.82, 2.24) is 0 Å². The Morgan fingerprint density at radius 1 is 1.23 bits per heavy atom. The summed E-state index contributed by atoms with van der Waals surface area (Å²) in [6, 6.07) is 6.76. The maximum Gasteiger partial charge on any atom is 0.432 e. The summed E-state index contributed by atoms with van der Waals surface area (Å²) in [6.07, 6.45) is -2.75. The van der Waals surface area contributed by atoms with Crippen molar-refractivity contribution in [1.29, 1.82) is 0 Å². The Kier molecular flexibility index (Phi) is 7.17. The summed E-state index contributed by atoms with van der Waals surface area (Å²) >= 11 is 0. The molecule has 0 aliphatic heterocycles. The van der Waals surface area contributed by atoms with Gasteiger partial charge in [-0.1, -0.05) is 49.8 Å². The van der Waals surface area contributed by atoms with Gasteiger partial charge in [-0.25, -0.2) is 4.79 Å². The van der Waals surface area contributed by atoms with E-state index < -0.39 is 23.9 Å². The van der Waals surface area contributed by atoms with Gasteiger partial charge in [0, 0.05) is 19.1 Å². The lowest BCUT2D eigenvalue weighted by molar-refractivity contribution is -0.278. The monoisotopic (exact) mass is 426 g/mol. The summed E-state index contributed by atoms with van der Waals surface area (Å²) in [6.45, 7) is 7.45. The van der Waals surface area contributed by atoms with Gasteiger partial charge in [0.15, 0.2) is 5.78 Å². The number of esters is 1. The summed E-state index contributed by atoms with van der Waals surface area (Å²) in [5.41, 5.74) is -2.83. The lowest BCUT2D eigenvalue weighted by Gasteiger charge is -2.38. The minimum absolute atomic E-state index is 0.0751. The Bertz CT molecular complexity index is 798. The number of allylic oxidation sites excluding steroid dienone is 2. The maximum absolute atomic E-state index is 14.0. The highest BCUT2D eigenvalue weighted by Crippen LogP contribution is 2.44. The topological polar surface area (TPSA) is 52.6 Å². The Hall–Kier alpha value is -2.15. The molecule has 1 aromatic carbocycles. The van der Waals surface area contributed by atoms with Gasteiger partial charge in [-0.2, -0.15) is 13.2 Å². The molecule has 1 aromatic rings. The zero-order valence-electron chi connectivity index (χ0n) is 18.0. The second-order valence-corrected chi connectivity index (χ2v) is 8.61. The molecule has 1 aliphatic rings. The Morgan fingerprint density at radius 3 is 2.33 bits per heavy atom. The maximum atomic E-state index is 14.0. The lowest BCUT2D eigenvalue weighted by Crippen LogP contribution is -2.52. The van der Waals surface area contributed by atoms with Gasteiger partial charge in [0.25, 0.3) is 5.60 Å². The van der Waals surface area contributed by atoms with Crippen LogP contribution < -0.4 is 0 Å². The SMILES string of the molecule is CO[C@](C(=O)O[C@@H](C)CC[C@H]1C(C)=CC(=O)CC1(C)C)(c1ccccc1)C(F)(F)F. The average molecular weight is 426 g/mol. The molecule has 30 heavy (non-hydrogen) atoms. The molecule has 0 aromatic heterocycles. The first-order valence-corrected chi connectivity index (χ1v) is 9.94. The Morgan fingerprint density at radius 2 is 1.83 bits per heavy atom. The van der Waals surface area contributed by atoms with Crippen LogP contribution in [0.5, 0.6) is 0 Å². The largest absolute Gasteiger partial charge is 0.460 e. The van der Waals surface area contributed by atoms with Gasteiger partial charge in [-0.3, -0.25) is 4.79 Å². The number of carbonyl (C=O) groups is 2. The van der Waals surface area contributed by atoms with Crippen LogP contribution in [0.4, 0.5) is 13.2 Å². The van der Waals surface area contributed by atoms with Gasteiger partial charge in [0.05, 0.1) is 6.10 Å². The van der Waals surface area contributed by atoms with Crippen molar-refractivity contribution < 1.29 is 32.2 Å². The number of ether oxygens (including phenoxy) is 2. The van der Waals surface area contributed by atoms with E-state index in [1.807, 2.05) is 20.8 Å². The minimum Gasteiger partial charge on any atom is -0.460 e. The van der Waals surface area contributed by atoms with Crippen molar-refractivity contribution in [2.24, 2.45) is 11.3 Å². The number of hydrogen-bond donors (Lipinski definition) is 0. The van der Waals surface area contributed by atoms with E-state index in [0.717, 1.165) is 12.7 Å². The van der Waals surface area contributed by atoms with Crippen LogP contribution >= 0.6 is 0 Å². The van der Waals surface area contributed by atoms with Crippen molar-refractivity contribution in [3.8, 4) is 0 Å². The molecule has 3 atom stereocenters. The van der Waals surface area contributed by atoms with Gasteiger partial charge in [0.2, 0.25) is 0 Å². The first-order valence-electron chi connectivity index (χ1n) is 9.94. The van der Waals surface area contributed by atoms with Gasteiger partial charge >= 0.3 is 12.1 Å². The average Bonchev–Trinajstić information content (AvgIpc) is 2.60. The normalized spacial score (nSPS) is 22.1. The van der Waals surface area contributed by atoms with Crippen LogP contribution in [0.1, 0.15) is 52.5 Å². The number of methoxy groups -OCH3 is 1. The van der Waals surface area contributed by atoms with E-state index >= 15 is 0 Å². The van der Waals surface area contributed by atoms with Crippen LogP contribution in [0.25, 0.3) is 0 Å². The van der Waals surface area contributed by atoms with E-state index in [1.54, 1.807) is 19.1 Å². The zero-order chi connectivity index (χ0) is 22.7. The zero-order valence-corrected chi connectivity index (χ0v) is 18.0. The highest BCUT2D eigenvalue weighted by atomic mass is 19.4. The molecule has 4 nitrogen and oxygen atoms in total. The molecule has 0 unspecified atom stereocenters. The predicted molar refractivity (Wildman–Crippen MR) is 107 cm³/mol. The Balaban J connectivity index is 2.16. The molecule has 7 heteroatoms. The number of rotatable bonds is 7. The Labute approximate surface area is 175 Å². The van der Waals surface area contributed by atoms with Crippen molar-refractivity contribution >= 4 is 11.8 Å². The van der Waals surface area contributed by atoms with Crippen LogP contribution in [-0.2, 0) is 24.7 Å². The van der Waals surface area contributed by atoms with Crippen LogP contribution in [0, 0.1) is 11.3 Å². The van der Waals surface area contributed by atoms with Gasteiger partial charge in [-0.15, -0.1) is 0 Å². The summed E-state index contributed by atoms with van der Waals surface area (Å²) in [4.78, 5) is 24.5. The fourth-order valence-corrected chi connectivity index (χ4v) is 4.33. The van der Waals surface area contributed by atoms with Gasteiger partial charge in [-0.05, 0) is 44.1 Å². The molecule has 0 radical (unpaired) electrons. The number of benzene rings is 1. The molecular weight excluding hydrogens is 397 g/mol. The van der Waals surface area contributed by atoms with Crippen molar-refractivity contribution in [3.63, 3.8) is 0 Å². The van der Waals surface area contributed by atoms with Gasteiger partial charge < -0.3 is 9.47 Å². The standard InChI is InChI=1S/C23H29F3O4/c1-15-13-18(27)14-21(3,4)19(15)12-11-16(2)30-20(28)22(29-5,23(24,25)26)17-9-7-6-8-10-17/h6-10,13,16,19H,11-12,14H2,1-5H3/t16-,19-,22-/m0/s1. The highest BCUT2D eigenvalue weighted by Gasteiger charge is 2.64.